The molecule has 2 rings (SSSR count). The van der Waals surface area contributed by atoms with Gasteiger partial charge >= 0.3 is 0 Å². The van der Waals surface area contributed by atoms with Gasteiger partial charge in [-0.15, -0.1) is 0 Å². The van der Waals surface area contributed by atoms with Crippen molar-refractivity contribution in [1.82, 2.24) is 9.97 Å². The van der Waals surface area contributed by atoms with Gasteiger partial charge in [-0.05, 0) is 24.1 Å². The van der Waals surface area contributed by atoms with Gasteiger partial charge in [0.25, 0.3) is 0 Å². The first-order chi connectivity index (χ1) is 5.42. The Bertz CT molecular complexity index is 367. The largest absolute Gasteiger partial charge is 0.346 e. The smallest absolute Gasteiger partial charge is 0.137 e. The summed E-state index contributed by atoms with van der Waals surface area (Å²) in [7, 11) is 0.841. The summed E-state index contributed by atoms with van der Waals surface area (Å²) in [6.45, 7) is 2.18. The molecule has 0 spiro atoms. The Kier molecular flexibility index (Phi) is 1.63. The second-order valence-corrected chi connectivity index (χ2v) is 3.39. The predicted octanol–water partition coefficient (Wildman–Crippen LogP) is 1.50. The molecule has 0 saturated carbocycles. The summed E-state index contributed by atoms with van der Waals surface area (Å²) in [6, 6.07) is 4.16. The maximum atomic E-state index is 4.20. The van der Waals surface area contributed by atoms with Crippen LogP contribution in [0.5, 0.6) is 0 Å². The summed E-state index contributed by atoms with van der Waals surface area (Å²) < 4.78 is 0. The first-order valence-electron chi connectivity index (χ1n) is 3.51. The van der Waals surface area contributed by atoms with Crippen LogP contribution in [0.15, 0.2) is 24.5 Å². The molecular weight excluding hydrogens is 155 g/mol. The van der Waals surface area contributed by atoms with E-state index in [4.69, 9.17) is 0 Å². The minimum atomic E-state index is 0.841. The fourth-order valence-corrected chi connectivity index (χ4v) is 1.89. The molecule has 0 saturated heterocycles. The Balaban J connectivity index is 2.79. The molecule has 0 aromatic carbocycles. The van der Waals surface area contributed by atoms with Crippen LogP contribution < -0.4 is 5.30 Å². The van der Waals surface area contributed by atoms with Gasteiger partial charge in [-0.2, -0.15) is 0 Å². The molecule has 1 N–H and O–H groups in total. The molecule has 0 aliphatic heterocycles. The second-order valence-electron chi connectivity index (χ2n) is 2.35. The van der Waals surface area contributed by atoms with Gasteiger partial charge in [0, 0.05) is 17.8 Å². The standard InChI is InChI=1S/C8H9N2P/c1-11-7-3-5-10-8-6(7)2-4-9-8/h2-5,11H,1H3,(H,9,10). The Hall–Kier alpha value is -0.880. The Morgan fingerprint density at radius 2 is 2.36 bits per heavy atom. The molecule has 0 radical (unpaired) electrons. The number of hydrogen-bond acceptors (Lipinski definition) is 1. The molecule has 0 fully saturated rings. The molecule has 56 valence electrons. The van der Waals surface area contributed by atoms with Crippen molar-refractivity contribution in [3.05, 3.63) is 24.5 Å². The number of nitrogens with zero attached hydrogens (tertiary/aromatic N) is 1. The minimum Gasteiger partial charge on any atom is -0.346 e. The van der Waals surface area contributed by atoms with E-state index in [1.165, 1.54) is 10.7 Å². The third-order valence-electron chi connectivity index (χ3n) is 1.73. The van der Waals surface area contributed by atoms with Crippen LogP contribution in [0.25, 0.3) is 11.0 Å². The molecule has 1 atom stereocenters. The van der Waals surface area contributed by atoms with Crippen LogP contribution in [0.3, 0.4) is 0 Å². The Morgan fingerprint density at radius 1 is 1.45 bits per heavy atom. The number of rotatable bonds is 1. The molecular formula is C8H9N2P. The van der Waals surface area contributed by atoms with Gasteiger partial charge in [0.1, 0.15) is 5.65 Å². The highest BCUT2D eigenvalue weighted by atomic mass is 31.1. The highest BCUT2D eigenvalue weighted by Crippen LogP contribution is 2.13. The number of nitrogens with one attached hydrogen (secondary N) is 1. The van der Waals surface area contributed by atoms with Crippen molar-refractivity contribution in [2.75, 3.05) is 6.66 Å². The molecule has 2 aromatic heterocycles. The Morgan fingerprint density at radius 3 is 3.18 bits per heavy atom. The van der Waals surface area contributed by atoms with Crippen LogP contribution in [0.2, 0.25) is 0 Å². The fourth-order valence-electron chi connectivity index (χ4n) is 1.18. The first kappa shape index (κ1) is 6.81. The zero-order valence-electron chi connectivity index (χ0n) is 6.26. The first-order valence-corrected chi connectivity index (χ1v) is 5.01. The van der Waals surface area contributed by atoms with Gasteiger partial charge in [0.2, 0.25) is 0 Å². The average molecular weight is 164 g/mol. The van der Waals surface area contributed by atoms with E-state index >= 15 is 0 Å². The van der Waals surface area contributed by atoms with Crippen molar-refractivity contribution in [2.24, 2.45) is 0 Å². The van der Waals surface area contributed by atoms with E-state index in [2.05, 4.69) is 28.8 Å². The molecule has 2 nitrogen and oxygen atoms in total. The van der Waals surface area contributed by atoms with Crippen molar-refractivity contribution in [2.45, 2.75) is 0 Å². The summed E-state index contributed by atoms with van der Waals surface area (Å²) in [4.78, 5) is 7.29. The highest BCUT2D eigenvalue weighted by Gasteiger charge is 1.98. The summed E-state index contributed by atoms with van der Waals surface area (Å²) in [5, 5.41) is 2.64. The van der Waals surface area contributed by atoms with E-state index in [0.717, 1.165) is 14.2 Å². The van der Waals surface area contributed by atoms with Crippen LogP contribution in [0, 0.1) is 0 Å². The molecule has 0 amide bonds. The van der Waals surface area contributed by atoms with Gasteiger partial charge in [-0.1, -0.05) is 8.58 Å². The van der Waals surface area contributed by atoms with Crippen molar-refractivity contribution >= 4 is 24.9 Å². The number of pyridine rings is 1. The van der Waals surface area contributed by atoms with E-state index < -0.39 is 0 Å². The zero-order chi connectivity index (χ0) is 7.68. The lowest BCUT2D eigenvalue weighted by atomic mass is 10.3. The molecule has 11 heavy (non-hydrogen) atoms. The van der Waals surface area contributed by atoms with Crippen LogP contribution in [0.1, 0.15) is 0 Å². The molecule has 1 unspecified atom stereocenters. The molecule has 2 aromatic rings. The van der Waals surface area contributed by atoms with E-state index in [-0.39, 0.29) is 0 Å². The van der Waals surface area contributed by atoms with Gasteiger partial charge in [0.05, 0.1) is 0 Å². The van der Waals surface area contributed by atoms with E-state index in [1.807, 2.05) is 12.4 Å². The third kappa shape index (κ3) is 1.04. The lowest BCUT2D eigenvalue weighted by molar-refractivity contribution is 1.33. The quantitative estimate of drug-likeness (QED) is 0.635. The average Bonchev–Trinajstić information content (AvgIpc) is 2.50. The number of aromatic amines is 1. The van der Waals surface area contributed by atoms with Crippen LogP contribution in [-0.2, 0) is 0 Å². The lowest BCUT2D eigenvalue weighted by Gasteiger charge is -1.96. The van der Waals surface area contributed by atoms with Gasteiger partial charge in [-0.25, -0.2) is 4.98 Å². The summed E-state index contributed by atoms with van der Waals surface area (Å²) in [5.74, 6) is 0. The zero-order valence-corrected chi connectivity index (χ0v) is 7.26. The van der Waals surface area contributed by atoms with Crippen molar-refractivity contribution in [3.8, 4) is 0 Å². The van der Waals surface area contributed by atoms with Gasteiger partial charge < -0.3 is 4.98 Å². The maximum Gasteiger partial charge on any atom is 0.137 e. The van der Waals surface area contributed by atoms with E-state index in [1.54, 1.807) is 0 Å². The normalized spacial score (nSPS) is 11.7. The lowest BCUT2D eigenvalue weighted by Crippen LogP contribution is -1.94. The molecule has 0 aliphatic rings. The fraction of sp³-hybridized carbons (Fsp3) is 0.125. The number of aromatic nitrogens is 2. The monoisotopic (exact) mass is 164 g/mol. The van der Waals surface area contributed by atoms with E-state index in [0.29, 0.717) is 0 Å². The molecule has 3 heteroatoms. The van der Waals surface area contributed by atoms with Crippen molar-refractivity contribution < 1.29 is 0 Å². The SMILES string of the molecule is CPc1ccnc2[nH]ccc12. The van der Waals surface area contributed by atoms with Crippen LogP contribution in [0.4, 0.5) is 0 Å². The Labute approximate surface area is 66.8 Å². The third-order valence-corrected chi connectivity index (χ3v) is 2.70. The van der Waals surface area contributed by atoms with Crippen LogP contribution in [-0.4, -0.2) is 16.6 Å². The van der Waals surface area contributed by atoms with Gasteiger partial charge in [0.15, 0.2) is 0 Å². The van der Waals surface area contributed by atoms with Crippen molar-refractivity contribution in [3.63, 3.8) is 0 Å². The number of fused-ring (bicyclic) bond motifs is 1. The molecule has 2 heterocycles. The summed E-state index contributed by atoms with van der Waals surface area (Å²) >= 11 is 0. The van der Waals surface area contributed by atoms with E-state index in [9.17, 15) is 0 Å². The second kappa shape index (κ2) is 2.63. The summed E-state index contributed by atoms with van der Waals surface area (Å²) in [6.07, 6.45) is 3.78. The topological polar surface area (TPSA) is 28.7 Å². The highest BCUT2D eigenvalue weighted by molar-refractivity contribution is 7.47. The number of H-pyrrole nitrogens is 1. The maximum absolute atomic E-state index is 4.20. The van der Waals surface area contributed by atoms with Crippen molar-refractivity contribution in [1.29, 1.82) is 0 Å². The van der Waals surface area contributed by atoms with Gasteiger partial charge in [-0.3, -0.25) is 0 Å². The predicted molar refractivity (Wildman–Crippen MR) is 50.0 cm³/mol. The molecule has 0 aliphatic carbocycles. The minimum absolute atomic E-state index is 0.841. The van der Waals surface area contributed by atoms with Crippen LogP contribution >= 0.6 is 8.58 Å². The summed E-state index contributed by atoms with van der Waals surface area (Å²) in [5.41, 5.74) is 0.997. The molecule has 0 bridgehead atoms. The number of hydrogen-bond donors (Lipinski definition) is 1.